The van der Waals surface area contributed by atoms with Crippen LogP contribution in [0.25, 0.3) is 0 Å². The summed E-state index contributed by atoms with van der Waals surface area (Å²) in [5, 5.41) is 3.25. The SMILES string of the molecule is COc1c(NN)ncnc1NC(C)c1ccncc1. The molecule has 0 saturated heterocycles. The molecule has 0 spiro atoms. The van der Waals surface area contributed by atoms with Gasteiger partial charge in [-0.3, -0.25) is 4.98 Å². The molecule has 100 valence electrons. The average Bonchev–Trinajstić information content (AvgIpc) is 2.47. The molecule has 0 aliphatic heterocycles. The van der Waals surface area contributed by atoms with E-state index in [2.05, 4.69) is 25.7 Å². The molecule has 0 saturated carbocycles. The molecule has 0 amide bonds. The van der Waals surface area contributed by atoms with Gasteiger partial charge in [0, 0.05) is 12.4 Å². The Morgan fingerprint density at radius 2 is 1.89 bits per heavy atom. The average molecular weight is 260 g/mol. The minimum atomic E-state index is 0.0532. The first-order chi connectivity index (χ1) is 9.26. The van der Waals surface area contributed by atoms with E-state index in [-0.39, 0.29) is 6.04 Å². The molecule has 0 radical (unpaired) electrons. The minimum absolute atomic E-state index is 0.0532. The van der Waals surface area contributed by atoms with E-state index in [4.69, 9.17) is 10.6 Å². The molecule has 0 aliphatic rings. The monoisotopic (exact) mass is 260 g/mol. The lowest BCUT2D eigenvalue weighted by Gasteiger charge is -2.17. The number of rotatable bonds is 5. The van der Waals surface area contributed by atoms with Gasteiger partial charge in [0.1, 0.15) is 6.33 Å². The van der Waals surface area contributed by atoms with Crippen molar-refractivity contribution >= 4 is 11.6 Å². The van der Waals surface area contributed by atoms with Gasteiger partial charge in [0.15, 0.2) is 11.6 Å². The minimum Gasteiger partial charge on any atom is -0.490 e. The number of nitrogen functional groups attached to an aromatic ring is 1. The van der Waals surface area contributed by atoms with Gasteiger partial charge in [-0.25, -0.2) is 15.8 Å². The van der Waals surface area contributed by atoms with Crippen molar-refractivity contribution in [3.05, 3.63) is 36.4 Å². The fourth-order valence-electron chi connectivity index (χ4n) is 1.71. The Bertz CT molecular complexity index is 533. The summed E-state index contributed by atoms with van der Waals surface area (Å²) in [7, 11) is 1.54. The normalized spacial score (nSPS) is 11.7. The number of hydrogen-bond donors (Lipinski definition) is 3. The van der Waals surface area contributed by atoms with Crippen LogP contribution in [0.4, 0.5) is 11.6 Å². The highest BCUT2D eigenvalue weighted by Crippen LogP contribution is 2.30. The summed E-state index contributed by atoms with van der Waals surface area (Å²) in [6, 6.07) is 3.93. The Kier molecular flexibility index (Phi) is 4.09. The highest BCUT2D eigenvalue weighted by atomic mass is 16.5. The van der Waals surface area contributed by atoms with E-state index in [0.29, 0.717) is 17.4 Å². The molecule has 2 heterocycles. The number of pyridine rings is 1. The zero-order valence-electron chi connectivity index (χ0n) is 10.8. The Hall–Kier alpha value is -2.41. The van der Waals surface area contributed by atoms with Crippen LogP contribution in [0.2, 0.25) is 0 Å². The number of nitrogens with one attached hydrogen (secondary N) is 2. The van der Waals surface area contributed by atoms with E-state index in [0.717, 1.165) is 5.56 Å². The van der Waals surface area contributed by atoms with Crippen LogP contribution in [0.5, 0.6) is 5.75 Å². The highest BCUT2D eigenvalue weighted by molar-refractivity contribution is 5.63. The van der Waals surface area contributed by atoms with Crippen LogP contribution in [0.3, 0.4) is 0 Å². The summed E-state index contributed by atoms with van der Waals surface area (Å²) in [4.78, 5) is 12.1. The predicted octanol–water partition coefficient (Wildman–Crippen LogP) is 1.34. The van der Waals surface area contributed by atoms with Gasteiger partial charge in [-0.05, 0) is 24.6 Å². The van der Waals surface area contributed by atoms with E-state index in [1.54, 1.807) is 19.5 Å². The van der Waals surface area contributed by atoms with Gasteiger partial charge in [-0.15, -0.1) is 0 Å². The van der Waals surface area contributed by atoms with Gasteiger partial charge in [0.05, 0.1) is 13.2 Å². The zero-order valence-corrected chi connectivity index (χ0v) is 10.8. The molecule has 7 heteroatoms. The standard InChI is InChI=1S/C12H16N6O/c1-8(9-3-5-14-6-4-9)17-11-10(19-2)12(18-13)16-7-15-11/h3-8H,13H2,1-2H3,(H2,15,16,17,18). The number of ether oxygens (including phenoxy) is 1. The second-order valence-electron chi connectivity index (χ2n) is 3.90. The molecule has 2 rings (SSSR count). The topological polar surface area (TPSA) is 98.0 Å². The molecule has 7 nitrogen and oxygen atoms in total. The van der Waals surface area contributed by atoms with Crippen molar-refractivity contribution in [1.29, 1.82) is 0 Å². The Morgan fingerprint density at radius 3 is 2.53 bits per heavy atom. The van der Waals surface area contributed by atoms with Crippen molar-refractivity contribution in [2.75, 3.05) is 17.9 Å². The number of nitrogens with two attached hydrogens (primary N) is 1. The highest BCUT2D eigenvalue weighted by Gasteiger charge is 2.14. The molecule has 4 N–H and O–H groups in total. The lowest BCUT2D eigenvalue weighted by molar-refractivity contribution is 0.414. The van der Waals surface area contributed by atoms with Crippen molar-refractivity contribution in [1.82, 2.24) is 15.0 Å². The Balaban J connectivity index is 2.24. The van der Waals surface area contributed by atoms with Gasteiger partial charge in [0.2, 0.25) is 5.75 Å². The molecular formula is C12H16N6O. The summed E-state index contributed by atoms with van der Waals surface area (Å²) in [5.74, 6) is 6.87. The van der Waals surface area contributed by atoms with E-state index < -0.39 is 0 Å². The fourth-order valence-corrected chi connectivity index (χ4v) is 1.71. The summed E-state index contributed by atoms with van der Waals surface area (Å²) in [6.07, 6.45) is 4.91. The van der Waals surface area contributed by atoms with Crippen molar-refractivity contribution in [3.8, 4) is 5.75 Å². The number of hydrazine groups is 1. The molecule has 2 aromatic heterocycles. The largest absolute Gasteiger partial charge is 0.490 e. The maximum absolute atomic E-state index is 5.38. The van der Waals surface area contributed by atoms with Crippen LogP contribution in [-0.2, 0) is 0 Å². The second-order valence-corrected chi connectivity index (χ2v) is 3.90. The Labute approximate surface area is 111 Å². The van der Waals surface area contributed by atoms with Crippen LogP contribution < -0.4 is 21.3 Å². The molecule has 0 fully saturated rings. The van der Waals surface area contributed by atoms with Crippen LogP contribution in [0.1, 0.15) is 18.5 Å². The summed E-state index contributed by atoms with van der Waals surface area (Å²) < 4.78 is 5.26. The van der Waals surface area contributed by atoms with Gasteiger partial charge in [0.25, 0.3) is 0 Å². The van der Waals surface area contributed by atoms with Crippen molar-refractivity contribution in [2.24, 2.45) is 5.84 Å². The van der Waals surface area contributed by atoms with Gasteiger partial charge in [-0.1, -0.05) is 0 Å². The van der Waals surface area contributed by atoms with Crippen LogP contribution in [0.15, 0.2) is 30.9 Å². The second kappa shape index (κ2) is 5.96. The molecule has 1 atom stereocenters. The molecule has 2 aromatic rings. The quantitative estimate of drug-likeness (QED) is 0.551. The maximum Gasteiger partial charge on any atom is 0.205 e. The van der Waals surface area contributed by atoms with E-state index in [1.807, 2.05) is 19.1 Å². The molecule has 0 aromatic carbocycles. The molecule has 0 bridgehead atoms. The predicted molar refractivity (Wildman–Crippen MR) is 72.7 cm³/mol. The number of anilines is 2. The number of hydrogen-bond acceptors (Lipinski definition) is 7. The lowest BCUT2D eigenvalue weighted by Crippen LogP contribution is -2.14. The number of nitrogens with zero attached hydrogens (tertiary/aromatic N) is 3. The van der Waals surface area contributed by atoms with E-state index in [9.17, 15) is 0 Å². The van der Waals surface area contributed by atoms with Gasteiger partial charge in [-0.2, -0.15) is 0 Å². The third-order valence-electron chi connectivity index (χ3n) is 2.70. The molecule has 19 heavy (non-hydrogen) atoms. The molecule has 0 aliphatic carbocycles. The lowest BCUT2D eigenvalue weighted by atomic mass is 10.1. The van der Waals surface area contributed by atoms with Gasteiger partial charge < -0.3 is 15.5 Å². The van der Waals surface area contributed by atoms with Crippen molar-refractivity contribution in [3.63, 3.8) is 0 Å². The number of aromatic nitrogens is 3. The smallest absolute Gasteiger partial charge is 0.205 e. The van der Waals surface area contributed by atoms with E-state index in [1.165, 1.54) is 6.33 Å². The first-order valence-corrected chi connectivity index (χ1v) is 5.78. The third-order valence-corrected chi connectivity index (χ3v) is 2.70. The summed E-state index contributed by atoms with van der Waals surface area (Å²) in [6.45, 7) is 2.02. The summed E-state index contributed by atoms with van der Waals surface area (Å²) >= 11 is 0. The van der Waals surface area contributed by atoms with Crippen LogP contribution in [-0.4, -0.2) is 22.1 Å². The molecular weight excluding hydrogens is 244 g/mol. The Morgan fingerprint density at radius 1 is 1.21 bits per heavy atom. The third kappa shape index (κ3) is 2.89. The first-order valence-electron chi connectivity index (χ1n) is 5.78. The van der Waals surface area contributed by atoms with Crippen LogP contribution >= 0.6 is 0 Å². The van der Waals surface area contributed by atoms with E-state index >= 15 is 0 Å². The van der Waals surface area contributed by atoms with Crippen molar-refractivity contribution < 1.29 is 4.74 Å². The molecule has 1 unspecified atom stereocenters. The fraction of sp³-hybridized carbons (Fsp3) is 0.250. The van der Waals surface area contributed by atoms with Crippen LogP contribution in [0, 0.1) is 0 Å². The number of methoxy groups -OCH3 is 1. The first kappa shape index (κ1) is 13.0. The van der Waals surface area contributed by atoms with Gasteiger partial charge >= 0.3 is 0 Å². The maximum atomic E-state index is 5.38. The zero-order chi connectivity index (χ0) is 13.7. The van der Waals surface area contributed by atoms with Crippen molar-refractivity contribution in [2.45, 2.75) is 13.0 Å². The summed E-state index contributed by atoms with van der Waals surface area (Å²) in [5.41, 5.74) is 3.57.